The van der Waals surface area contributed by atoms with Crippen LogP contribution in [-0.4, -0.2) is 88.1 Å². The van der Waals surface area contributed by atoms with Gasteiger partial charge in [-0.2, -0.15) is 9.97 Å². The van der Waals surface area contributed by atoms with Gasteiger partial charge >= 0.3 is 6.01 Å². The van der Waals surface area contributed by atoms with Gasteiger partial charge in [0.05, 0.1) is 21.6 Å². The van der Waals surface area contributed by atoms with E-state index in [-0.39, 0.29) is 24.0 Å². The van der Waals surface area contributed by atoms with Crippen molar-refractivity contribution in [2.45, 2.75) is 56.0 Å². The molecule has 5 aliphatic rings. The van der Waals surface area contributed by atoms with E-state index in [1.165, 1.54) is 36.5 Å². The first-order valence-electron chi connectivity index (χ1n) is 15.9. The summed E-state index contributed by atoms with van der Waals surface area (Å²) in [5, 5.41) is 1.31. The smallest absolute Gasteiger partial charge is 0.320 e. The monoisotopic (exact) mass is 609 g/mol. The highest BCUT2D eigenvalue weighted by Gasteiger charge is 2.47. The molecule has 1 amide bonds. The van der Waals surface area contributed by atoms with Crippen LogP contribution in [0, 0.1) is 12.5 Å². The van der Waals surface area contributed by atoms with Crippen molar-refractivity contribution in [3.05, 3.63) is 64.5 Å². The average Bonchev–Trinajstić information content (AvgIpc) is 3.32. The summed E-state index contributed by atoms with van der Waals surface area (Å²) in [5.74, 6) is 1.87. The molecule has 0 radical (unpaired) electrons. The summed E-state index contributed by atoms with van der Waals surface area (Å²) < 4.78 is 6.47. The summed E-state index contributed by atoms with van der Waals surface area (Å²) in [7, 11) is 0. The number of ether oxygens (including phenoxy) is 1. The summed E-state index contributed by atoms with van der Waals surface area (Å²) in [5.41, 5.74) is 5.25. The molecule has 226 valence electrons. The average molecular weight is 610 g/mol. The third-order valence-electron chi connectivity index (χ3n) is 10.6. The van der Waals surface area contributed by atoms with Crippen LogP contribution in [-0.2, 0) is 11.2 Å². The Morgan fingerprint density at radius 2 is 2.02 bits per heavy atom. The highest BCUT2D eigenvalue weighted by Crippen LogP contribution is 2.59. The van der Waals surface area contributed by atoms with Gasteiger partial charge in [0.2, 0.25) is 12.5 Å². The van der Waals surface area contributed by atoms with Gasteiger partial charge in [-0.1, -0.05) is 36.4 Å². The van der Waals surface area contributed by atoms with Crippen molar-refractivity contribution in [1.82, 2.24) is 24.8 Å². The minimum atomic E-state index is -0.286. The van der Waals surface area contributed by atoms with Gasteiger partial charge in [-0.15, -0.1) is 0 Å². The number of anilines is 1. The zero-order valence-electron chi connectivity index (χ0n) is 24.8. The molecular formula is C34H36ClN7O2. The van der Waals surface area contributed by atoms with Gasteiger partial charge in [0.25, 0.3) is 0 Å². The molecular weight excluding hydrogens is 574 g/mol. The maximum atomic E-state index is 12.6. The lowest BCUT2D eigenvalue weighted by atomic mass is 9.95. The molecule has 2 unspecified atom stereocenters. The molecule has 3 aromatic rings. The number of aromatic nitrogens is 3. The zero-order valence-corrected chi connectivity index (χ0v) is 25.6. The standard InChI is InChI=1S/C34H36ClN7O2/c1-3-28(43)42-14-13-40(19-23(42)18-36-2)32-26-17-27(35)30(24-8-4-7-21-15-22-16-25(22)29(21)24)37-31(26)38-33(39-32)44-20-34-9-5-11-41(34)12-6-10-34/h3-4,7-8,17,22-23,25H,1,5-6,9-16,18-20H2/t22?,23-,25?/m0/s1. The number of halogens is 1. The Labute approximate surface area is 262 Å². The van der Waals surface area contributed by atoms with Crippen molar-refractivity contribution < 1.29 is 9.53 Å². The van der Waals surface area contributed by atoms with Gasteiger partial charge in [-0.05, 0) is 86.7 Å². The number of benzene rings is 1. The van der Waals surface area contributed by atoms with Crippen LogP contribution in [0.25, 0.3) is 27.1 Å². The number of hydrogen-bond donors (Lipinski definition) is 0. The first-order chi connectivity index (χ1) is 21.5. The maximum Gasteiger partial charge on any atom is 0.320 e. The van der Waals surface area contributed by atoms with Crippen molar-refractivity contribution >= 4 is 34.4 Å². The molecule has 44 heavy (non-hydrogen) atoms. The van der Waals surface area contributed by atoms with E-state index in [1.807, 2.05) is 6.07 Å². The molecule has 3 atom stereocenters. The van der Waals surface area contributed by atoms with Gasteiger partial charge in [0, 0.05) is 25.2 Å². The van der Waals surface area contributed by atoms with Crippen LogP contribution in [0.15, 0.2) is 36.9 Å². The van der Waals surface area contributed by atoms with Crippen LogP contribution < -0.4 is 9.64 Å². The second-order valence-electron chi connectivity index (χ2n) is 13.1. The normalized spacial score (nSPS) is 25.0. The number of piperazine rings is 1. The molecule has 3 aliphatic heterocycles. The highest BCUT2D eigenvalue weighted by atomic mass is 35.5. The fraction of sp³-hybridized carbons (Fsp3) is 0.500. The number of hydrogen-bond acceptors (Lipinski definition) is 7. The number of pyridine rings is 1. The number of carbonyl (C=O) groups excluding carboxylic acids is 1. The SMILES string of the molecule is [C-]#[N+]C[C@H]1CN(c2nc(OCC34CCCN3CCC4)nc3nc(-c4cccc5c4C4CC4C5)c(Cl)cc23)CCN1C(=O)C=C. The molecule has 3 saturated heterocycles. The molecule has 0 N–H and O–H groups in total. The first kappa shape index (κ1) is 27.8. The Hall–Kier alpha value is -3.74. The molecule has 0 bridgehead atoms. The minimum absolute atomic E-state index is 0.0554. The van der Waals surface area contributed by atoms with E-state index in [1.54, 1.807) is 4.90 Å². The molecule has 10 heteroatoms. The van der Waals surface area contributed by atoms with Crippen LogP contribution in [0.4, 0.5) is 5.82 Å². The van der Waals surface area contributed by atoms with E-state index in [9.17, 15) is 4.79 Å². The highest BCUT2D eigenvalue weighted by molar-refractivity contribution is 6.34. The van der Waals surface area contributed by atoms with E-state index in [0.29, 0.717) is 54.7 Å². The molecule has 0 spiro atoms. The number of rotatable bonds is 7. The fourth-order valence-corrected chi connectivity index (χ4v) is 8.66. The minimum Gasteiger partial charge on any atom is -0.461 e. The van der Waals surface area contributed by atoms with E-state index in [2.05, 4.69) is 39.4 Å². The summed E-state index contributed by atoms with van der Waals surface area (Å²) in [4.78, 5) is 37.6. The predicted octanol–water partition coefficient (Wildman–Crippen LogP) is 5.13. The molecule has 9 nitrogen and oxygen atoms in total. The van der Waals surface area contributed by atoms with Crippen molar-refractivity contribution in [2.75, 3.05) is 50.8 Å². The Bertz CT molecular complexity index is 1710. The Morgan fingerprint density at radius 1 is 1.18 bits per heavy atom. The number of nitrogens with zero attached hydrogens (tertiary/aromatic N) is 7. The van der Waals surface area contributed by atoms with Gasteiger partial charge in [-0.25, -0.2) is 11.6 Å². The van der Waals surface area contributed by atoms with Crippen molar-refractivity contribution in [3.63, 3.8) is 0 Å². The van der Waals surface area contributed by atoms with Gasteiger partial charge in [0.1, 0.15) is 18.5 Å². The topological polar surface area (TPSA) is 79.1 Å². The van der Waals surface area contributed by atoms with E-state index < -0.39 is 0 Å². The van der Waals surface area contributed by atoms with E-state index in [0.717, 1.165) is 54.9 Å². The van der Waals surface area contributed by atoms with E-state index in [4.69, 9.17) is 37.9 Å². The third-order valence-corrected chi connectivity index (χ3v) is 10.9. The predicted molar refractivity (Wildman–Crippen MR) is 170 cm³/mol. The Balaban J connectivity index is 1.20. The van der Waals surface area contributed by atoms with Crippen LogP contribution in [0.2, 0.25) is 5.02 Å². The molecule has 5 heterocycles. The third kappa shape index (κ3) is 4.53. The van der Waals surface area contributed by atoms with Gasteiger partial charge in [-0.3, -0.25) is 9.69 Å². The van der Waals surface area contributed by atoms with Gasteiger partial charge < -0.3 is 19.4 Å². The molecule has 4 fully saturated rings. The van der Waals surface area contributed by atoms with Crippen LogP contribution in [0.5, 0.6) is 6.01 Å². The first-order valence-corrected chi connectivity index (χ1v) is 16.3. The number of fused-ring (bicyclic) bond motifs is 5. The molecule has 1 saturated carbocycles. The van der Waals surface area contributed by atoms with Crippen LogP contribution in [0.3, 0.4) is 0 Å². The molecule has 8 rings (SSSR count). The summed E-state index contributed by atoms with van der Waals surface area (Å²) in [6.45, 7) is 15.6. The van der Waals surface area contributed by atoms with E-state index >= 15 is 0 Å². The van der Waals surface area contributed by atoms with Crippen molar-refractivity contribution in [3.8, 4) is 17.3 Å². The second kappa shape index (κ2) is 10.7. The Morgan fingerprint density at radius 3 is 2.82 bits per heavy atom. The molecule has 2 aliphatic carbocycles. The molecule has 2 aromatic heterocycles. The second-order valence-corrected chi connectivity index (χ2v) is 13.5. The summed E-state index contributed by atoms with van der Waals surface area (Å²) in [6.07, 6.45) is 8.34. The quantitative estimate of drug-likeness (QED) is 0.271. The largest absolute Gasteiger partial charge is 0.461 e. The lowest BCUT2D eigenvalue weighted by Crippen LogP contribution is -2.56. The fourth-order valence-electron chi connectivity index (χ4n) is 8.41. The number of carbonyl (C=O) groups is 1. The summed E-state index contributed by atoms with van der Waals surface area (Å²) >= 11 is 7.04. The van der Waals surface area contributed by atoms with Gasteiger partial charge in [0.15, 0.2) is 5.65 Å². The molecule has 1 aromatic carbocycles. The number of amides is 1. The lowest BCUT2D eigenvalue weighted by Gasteiger charge is -2.39. The van der Waals surface area contributed by atoms with Crippen LogP contribution in [0.1, 0.15) is 49.1 Å². The maximum absolute atomic E-state index is 12.6. The van der Waals surface area contributed by atoms with Crippen molar-refractivity contribution in [2.24, 2.45) is 5.92 Å². The lowest BCUT2D eigenvalue weighted by molar-refractivity contribution is -0.128. The summed E-state index contributed by atoms with van der Waals surface area (Å²) in [6, 6.07) is 8.45. The Kier molecular flexibility index (Phi) is 6.76. The van der Waals surface area contributed by atoms with Crippen molar-refractivity contribution in [1.29, 1.82) is 0 Å². The van der Waals surface area contributed by atoms with Crippen LogP contribution >= 0.6 is 11.6 Å². The zero-order chi connectivity index (χ0) is 30.0.